The molecule has 0 amide bonds. The summed E-state index contributed by atoms with van der Waals surface area (Å²) in [5.74, 6) is 2.22. The normalized spacial score (nSPS) is 12.9. The number of furan rings is 1. The maximum Gasteiger partial charge on any atom is 0.171 e. The van der Waals surface area contributed by atoms with E-state index < -0.39 is 0 Å². The Balaban J connectivity index is 1.40. The number of nitrogens with one attached hydrogen (secondary N) is 2. The van der Waals surface area contributed by atoms with E-state index in [0.717, 1.165) is 33.5 Å². The van der Waals surface area contributed by atoms with Crippen LogP contribution in [0.2, 0.25) is 0 Å². The summed E-state index contributed by atoms with van der Waals surface area (Å²) in [6.45, 7) is 1.60. The fourth-order valence-corrected chi connectivity index (χ4v) is 3.24. The first-order chi connectivity index (χ1) is 13.7. The second-order valence-electron chi connectivity index (χ2n) is 6.30. The van der Waals surface area contributed by atoms with E-state index in [-0.39, 0.29) is 0 Å². The maximum absolute atomic E-state index is 5.64. The predicted octanol–water partition coefficient (Wildman–Crippen LogP) is 3.63. The Labute approximate surface area is 165 Å². The molecule has 0 unspecified atom stereocenters. The van der Waals surface area contributed by atoms with Crippen molar-refractivity contribution in [1.29, 1.82) is 0 Å². The first-order valence-electron chi connectivity index (χ1n) is 8.83. The third kappa shape index (κ3) is 3.29. The highest BCUT2D eigenvalue weighted by atomic mass is 32.1. The smallest absolute Gasteiger partial charge is 0.171 e. The van der Waals surface area contributed by atoms with Crippen LogP contribution < -0.4 is 20.1 Å². The third-order valence-corrected chi connectivity index (χ3v) is 4.60. The van der Waals surface area contributed by atoms with Crippen molar-refractivity contribution in [1.82, 2.24) is 15.3 Å². The van der Waals surface area contributed by atoms with Gasteiger partial charge in [-0.3, -0.25) is 0 Å². The molecule has 3 heterocycles. The summed E-state index contributed by atoms with van der Waals surface area (Å²) in [6, 6.07) is 13.2. The fraction of sp³-hybridized carbons (Fsp3) is 0.150. The van der Waals surface area contributed by atoms with Crippen molar-refractivity contribution in [3.8, 4) is 11.5 Å². The Bertz CT molecular complexity index is 1180. The Morgan fingerprint density at radius 3 is 2.36 bits per heavy atom. The van der Waals surface area contributed by atoms with Crippen molar-refractivity contribution in [3.05, 3.63) is 54.5 Å². The first-order valence-corrected chi connectivity index (χ1v) is 9.24. The monoisotopic (exact) mass is 392 g/mol. The Morgan fingerprint density at radius 1 is 0.929 bits per heavy atom. The van der Waals surface area contributed by atoms with Crippen LogP contribution in [0.25, 0.3) is 22.1 Å². The van der Waals surface area contributed by atoms with Crippen molar-refractivity contribution < 1.29 is 13.9 Å². The Hall–Kier alpha value is -3.39. The molecule has 1 aliphatic heterocycles. The molecule has 1 aliphatic rings. The second-order valence-corrected chi connectivity index (χ2v) is 6.71. The summed E-state index contributed by atoms with van der Waals surface area (Å²) < 4.78 is 16.5. The third-order valence-electron chi connectivity index (χ3n) is 4.36. The van der Waals surface area contributed by atoms with E-state index in [1.165, 1.54) is 0 Å². The summed E-state index contributed by atoms with van der Waals surface area (Å²) in [4.78, 5) is 9.41. The molecule has 140 valence electrons. The highest BCUT2D eigenvalue weighted by Gasteiger charge is 2.14. The molecule has 0 bridgehead atoms. The van der Waals surface area contributed by atoms with E-state index in [1.807, 2.05) is 42.5 Å². The number of benzene rings is 2. The first kappa shape index (κ1) is 16.8. The van der Waals surface area contributed by atoms with Gasteiger partial charge in [0.25, 0.3) is 0 Å². The van der Waals surface area contributed by atoms with Gasteiger partial charge in [-0.2, -0.15) is 0 Å². The SMILES string of the molecule is S=C(NCc1ccco1)Nc1ccc2nc3cc4c(cc3nc2c1)OCCO4. The molecule has 0 radical (unpaired) electrons. The van der Waals surface area contributed by atoms with Gasteiger partial charge < -0.3 is 24.5 Å². The molecule has 0 aliphatic carbocycles. The minimum atomic E-state index is 0.504. The number of anilines is 1. The quantitative estimate of drug-likeness (QED) is 0.404. The molecule has 5 rings (SSSR count). The van der Waals surface area contributed by atoms with Crippen LogP contribution in [0, 0.1) is 0 Å². The standard InChI is InChI=1S/C20H16N4O3S/c28-20(21-11-13-2-1-5-25-13)22-12-3-4-14-15(8-12)24-17-10-19-18(9-16(17)23-14)26-6-7-27-19/h1-5,8-10H,6-7,11H2,(H2,21,22,28). The molecule has 2 aromatic carbocycles. The van der Waals surface area contributed by atoms with Gasteiger partial charge in [0.05, 0.1) is 34.9 Å². The number of hydrogen-bond acceptors (Lipinski definition) is 6. The zero-order valence-corrected chi connectivity index (χ0v) is 15.6. The number of aromatic nitrogens is 2. The van der Waals surface area contributed by atoms with Crippen LogP contribution in [-0.2, 0) is 6.54 Å². The van der Waals surface area contributed by atoms with Crippen LogP contribution in [0.15, 0.2) is 53.1 Å². The van der Waals surface area contributed by atoms with Gasteiger partial charge in [0.2, 0.25) is 0 Å². The zero-order valence-electron chi connectivity index (χ0n) is 14.8. The van der Waals surface area contributed by atoms with Gasteiger partial charge >= 0.3 is 0 Å². The number of fused-ring (bicyclic) bond motifs is 3. The highest BCUT2D eigenvalue weighted by molar-refractivity contribution is 7.80. The van der Waals surface area contributed by atoms with Gasteiger partial charge in [0, 0.05) is 17.8 Å². The van der Waals surface area contributed by atoms with Crippen molar-refractivity contribution >= 4 is 45.1 Å². The molecule has 0 atom stereocenters. The van der Waals surface area contributed by atoms with E-state index in [2.05, 4.69) is 15.6 Å². The van der Waals surface area contributed by atoms with Gasteiger partial charge in [0.15, 0.2) is 16.6 Å². The maximum atomic E-state index is 5.64. The lowest BCUT2D eigenvalue weighted by atomic mass is 10.2. The van der Waals surface area contributed by atoms with Crippen molar-refractivity contribution in [2.45, 2.75) is 6.54 Å². The predicted molar refractivity (Wildman–Crippen MR) is 110 cm³/mol. The molecule has 0 spiro atoms. The van der Waals surface area contributed by atoms with Gasteiger partial charge in [-0.1, -0.05) is 0 Å². The molecule has 0 saturated carbocycles. The van der Waals surface area contributed by atoms with Crippen LogP contribution in [0.1, 0.15) is 5.76 Å². The van der Waals surface area contributed by atoms with Gasteiger partial charge in [-0.15, -0.1) is 0 Å². The van der Waals surface area contributed by atoms with E-state index in [9.17, 15) is 0 Å². The molecule has 2 N–H and O–H groups in total. The van der Waals surface area contributed by atoms with E-state index in [4.69, 9.17) is 31.1 Å². The van der Waals surface area contributed by atoms with E-state index in [1.54, 1.807) is 6.26 Å². The van der Waals surface area contributed by atoms with Crippen molar-refractivity contribution in [2.24, 2.45) is 0 Å². The summed E-state index contributed by atoms with van der Waals surface area (Å²) in [5.41, 5.74) is 3.92. The summed E-state index contributed by atoms with van der Waals surface area (Å²) >= 11 is 5.35. The van der Waals surface area contributed by atoms with Gasteiger partial charge in [0.1, 0.15) is 19.0 Å². The second kappa shape index (κ2) is 6.97. The molecule has 28 heavy (non-hydrogen) atoms. The average molecular weight is 392 g/mol. The highest BCUT2D eigenvalue weighted by Crippen LogP contribution is 2.34. The van der Waals surface area contributed by atoms with Crippen LogP contribution in [0.3, 0.4) is 0 Å². The van der Waals surface area contributed by atoms with Crippen molar-refractivity contribution in [2.75, 3.05) is 18.5 Å². The number of nitrogens with zero attached hydrogens (tertiary/aromatic N) is 2. The zero-order chi connectivity index (χ0) is 18.9. The summed E-state index contributed by atoms with van der Waals surface area (Å²) in [6.07, 6.45) is 1.63. The fourth-order valence-electron chi connectivity index (χ4n) is 3.05. The Morgan fingerprint density at radius 2 is 1.64 bits per heavy atom. The molecule has 8 heteroatoms. The molecule has 2 aromatic heterocycles. The van der Waals surface area contributed by atoms with Crippen molar-refractivity contribution in [3.63, 3.8) is 0 Å². The molecule has 7 nitrogen and oxygen atoms in total. The number of ether oxygens (including phenoxy) is 2. The van der Waals surface area contributed by atoms with Crippen LogP contribution >= 0.6 is 12.2 Å². The molecule has 0 saturated heterocycles. The van der Waals surface area contributed by atoms with Crippen LogP contribution in [-0.4, -0.2) is 28.3 Å². The topological polar surface area (TPSA) is 81.4 Å². The van der Waals surface area contributed by atoms with Gasteiger partial charge in [-0.25, -0.2) is 9.97 Å². The number of thiocarbonyl (C=S) groups is 1. The summed E-state index contributed by atoms with van der Waals surface area (Å²) in [7, 11) is 0. The van der Waals surface area contributed by atoms with E-state index >= 15 is 0 Å². The average Bonchev–Trinajstić information content (AvgIpc) is 3.23. The summed E-state index contributed by atoms with van der Waals surface area (Å²) in [5, 5.41) is 6.77. The Kier molecular flexibility index (Phi) is 4.17. The minimum absolute atomic E-state index is 0.504. The molecule has 0 fully saturated rings. The van der Waals surface area contributed by atoms with E-state index in [0.29, 0.717) is 36.4 Å². The minimum Gasteiger partial charge on any atom is -0.486 e. The lowest BCUT2D eigenvalue weighted by Gasteiger charge is -2.18. The molecular formula is C20H16N4O3S. The lowest BCUT2D eigenvalue weighted by Crippen LogP contribution is -2.27. The number of rotatable bonds is 3. The largest absolute Gasteiger partial charge is 0.486 e. The van der Waals surface area contributed by atoms with Crippen LogP contribution in [0.5, 0.6) is 11.5 Å². The van der Waals surface area contributed by atoms with Crippen LogP contribution in [0.4, 0.5) is 5.69 Å². The lowest BCUT2D eigenvalue weighted by molar-refractivity contribution is 0.172. The van der Waals surface area contributed by atoms with Gasteiger partial charge in [-0.05, 0) is 42.5 Å². The molecular weight excluding hydrogens is 376 g/mol. The number of hydrogen-bond donors (Lipinski definition) is 2. The molecule has 4 aromatic rings.